The van der Waals surface area contributed by atoms with Gasteiger partial charge in [0.2, 0.25) is 0 Å². The monoisotopic (exact) mass is 331 g/mol. The average Bonchev–Trinajstić information content (AvgIpc) is 2.99. The van der Waals surface area contributed by atoms with Gasteiger partial charge in [-0.05, 0) is 39.1 Å². The Morgan fingerprint density at radius 3 is 1.81 bits per heavy atom. The number of rotatable bonds is 0. The minimum absolute atomic E-state index is 1.29. The highest BCUT2D eigenvalue weighted by Crippen LogP contribution is 2.41. The third-order valence-electron chi connectivity index (χ3n) is 5.74. The van der Waals surface area contributed by atoms with Crippen molar-refractivity contribution in [3.05, 3.63) is 84.9 Å². The van der Waals surface area contributed by atoms with Crippen LogP contribution in [0.4, 0.5) is 0 Å². The second-order valence-corrected chi connectivity index (χ2v) is 7.09. The van der Waals surface area contributed by atoms with E-state index >= 15 is 0 Å². The molecule has 0 saturated heterocycles. The highest BCUT2D eigenvalue weighted by Gasteiger charge is 2.16. The largest absolute Gasteiger partial charge is 0.343 e. The van der Waals surface area contributed by atoms with Gasteiger partial charge >= 0.3 is 0 Å². The first-order valence-electron chi connectivity index (χ1n) is 9.03. The zero-order valence-electron chi connectivity index (χ0n) is 14.5. The van der Waals surface area contributed by atoms with E-state index in [0.717, 1.165) is 0 Å². The maximum atomic E-state index is 2.37. The molecule has 0 saturated carbocycles. The first-order valence-corrected chi connectivity index (χ1v) is 9.03. The fourth-order valence-electron chi connectivity index (χ4n) is 4.57. The summed E-state index contributed by atoms with van der Waals surface area (Å²) in [5, 5.41) is 10.6. The molecule has 6 rings (SSSR count). The molecule has 26 heavy (non-hydrogen) atoms. The molecule has 0 fully saturated rings. The maximum Gasteiger partial charge on any atom is 0.0574 e. The quantitative estimate of drug-likeness (QED) is 0.270. The summed E-state index contributed by atoms with van der Waals surface area (Å²) in [7, 11) is 2.20. The Hall–Kier alpha value is -3.32. The number of hydrogen-bond acceptors (Lipinski definition) is 0. The van der Waals surface area contributed by atoms with Crippen molar-refractivity contribution in [2.75, 3.05) is 0 Å². The molecule has 0 radical (unpaired) electrons. The molecule has 1 nitrogen and oxygen atoms in total. The van der Waals surface area contributed by atoms with E-state index in [1.54, 1.807) is 0 Å². The van der Waals surface area contributed by atoms with Crippen LogP contribution in [0, 0.1) is 0 Å². The number of aromatic nitrogens is 1. The summed E-state index contributed by atoms with van der Waals surface area (Å²) in [6.07, 6.45) is 0. The van der Waals surface area contributed by atoms with E-state index in [2.05, 4.69) is 96.5 Å². The van der Waals surface area contributed by atoms with E-state index < -0.39 is 0 Å². The third kappa shape index (κ3) is 1.65. The molecule has 1 heterocycles. The highest BCUT2D eigenvalue weighted by molar-refractivity contribution is 6.32. The van der Waals surface area contributed by atoms with E-state index in [0.29, 0.717) is 0 Å². The van der Waals surface area contributed by atoms with Crippen molar-refractivity contribution in [3.8, 4) is 0 Å². The van der Waals surface area contributed by atoms with Crippen molar-refractivity contribution in [2.24, 2.45) is 7.05 Å². The molecule has 122 valence electrons. The average molecular weight is 331 g/mol. The van der Waals surface area contributed by atoms with Crippen LogP contribution in [0.15, 0.2) is 84.9 Å². The Kier molecular flexibility index (Phi) is 2.60. The van der Waals surface area contributed by atoms with Gasteiger partial charge in [0.25, 0.3) is 0 Å². The molecule has 0 atom stereocenters. The van der Waals surface area contributed by atoms with Crippen LogP contribution in [0.5, 0.6) is 0 Å². The normalized spacial score (nSPS) is 12.0. The minimum atomic E-state index is 1.29. The van der Waals surface area contributed by atoms with Gasteiger partial charge in [0, 0.05) is 28.7 Å². The molecule has 0 aliphatic rings. The summed E-state index contributed by atoms with van der Waals surface area (Å²) in [5.41, 5.74) is 2.62. The lowest BCUT2D eigenvalue weighted by Crippen LogP contribution is -1.89. The highest BCUT2D eigenvalue weighted by atomic mass is 14.9. The van der Waals surface area contributed by atoms with Crippen LogP contribution in [-0.4, -0.2) is 4.57 Å². The van der Waals surface area contributed by atoms with Gasteiger partial charge in [0.15, 0.2) is 0 Å². The predicted molar refractivity (Wildman–Crippen MR) is 113 cm³/mol. The van der Waals surface area contributed by atoms with Crippen molar-refractivity contribution in [1.29, 1.82) is 0 Å². The van der Waals surface area contributed by atoms with Crippen LogP contribution in [0.3, 0.4) is 0 Å². The summed E-state index contributed by atoms with van der Waals surface area (Å²) in [4.78, 5) is 0. The van der Waals surface area contributed by atoms with Gasteiger partial charge in [-0.2, -0.15) is 0 Å². The lowest BCUT2D eigenvalue weighted by molar-refractivity contribution is 1.02. The molecule has 0 aliphatic heterocycles. The van der Waals surface area contributed by atoms with Crippen molar-refractivity contribution in [1.82, 2.24) is 4.57 Å². The molecule has 5 aromatic carbocycles. The second-order valence-electron chi connectivity index (χ2n) is 7.09. The molecule has 0 amide bonds. The molecule has 6 aromatic rings. The number of benzene rings is 5. The first-order chi connectivity index (χ1) is 12.8. The van der Waals surface area contributed by atoms with E-state index in [1.807, 2.05) is 0 Å². The Bertz CT molecular complexity index is 1480. The third-order valence-corrected chi connectivity index (χ3v) is 5.74. The Morgan fingerprint density at radius 2 is 1.08 bits per heavy atom. The van der Waals surface area contributed by atoms with Crippen LogP contribution in [0.25, 0.3) is 54.1 Å². The Morgan fingerprint density at radius 1 is 0.538 bits per heavy atom. The molecule has 0 N–H and O–H groups in total. The minimum Gasteiger partial charge on any atom is -0.343 e. The fourth-order valence-corrected chi connectivity index (χ4v) is 4.57. The predicted octanol–water partition coefficient (Wildman–Crippen LogP) is 6.79. The molecule has 0 spiro atoms. The molecular weight excluding hydrogens is 314 g/mol. The molecular formula is C25H17N. The summed E-state index contributed by atoms with van der Waals surface area (Å²) in [5.74, 6) is 0. The standard InChI is InChI=1S/C25H17N/c1-26-23-15-17-9-3-2-8-16(17)14-22(23)24-20-12-6-4-10-18(20)19-11-5-7-13-21(19)25(24)26/h2-15H,1H3. The van der Waals surface area contributed by atoms with Crippen LogP contribution in [0.2, 0.25) is 0 Å². The molecule has 0 aliphatic carbocycles. The van der Waals surface area contributed by atoms with Crippen molar-refractivity contribution >= 4 is 54.1 Å². The first kappa shape index (κ1) is 13.9. The number of fused-ring (bicyclic) bond motifs is 9. The molecule has 0 unspecified atom stereocenters. The summed E-state index contributed by atoms with van der Waals surface area (Å²) >= 11 is 0. The van der Waals surface area contributed by atoms with E-state index in [-0.39, 0.29) is 0 Å². The van der Waals surface area contributed by atoms with Gasteiger partial charge in [0.05, 0.1) is 5.52 Å². The van der Waals surface area contributed by atoms with Crippen LogP contribution in [0.1, 0.15) is 0 Å². The Balaban J connectivity index is 2.02. The fraction of sp³-hybridized carbons (Fsp3) is 0.0400. The van der Waals surface area contributed by atoms with Gasteiger partial charge in [-0.15, -0.1) is 0 Å². The SMILES string of the molecule is Cn1c2cc3ccccc3cc2c2c3ccccc3c3ccccc3c21. The van der Waals surface area contributed by atoms with Crippen LogP contribution < -0.4 is 0 Å². The topological polar surface area (TPSA) is 4.93 Å². The number of hydrogen-bond donors (Lipinski definition) is 0. The van der Waals surface area contributed by atoms with Gasteiger partial charge in [0.1, 0.15) is 0 Å². The van der Waals surface area contributed by atoms with Crippen molar-refractivity contribution < 1.29 is 0 Å². The van der Waals surface area contributed by atoms with Crippen molar-refractivity contribution in [3.63, 3.8) is 0 Å². The van der Waals surface area contributed by atoms with Crippen LogP contribution in [-0.2, 0) is 7.05 Å². The van der Waals surface area contributed by atoms with Crippen LogP contribution >= 0.6 is 0 Å². The van der Waals surface area contributed by atoms with E-state index in [9.17, 15) is 0 Å². The smallest absolute Gasteiger partial charge is 0.0574 e. The zero-order chi connectivity index (χ0) is 17.3. The van der Waals surface area contributed by atoms with Gasteiger partial charge in [-0.25, -0.2) is 0 Å². The number of nitrogens with zero attached hydrogens (tertiary/aromatic N) is 1. The van der Waals surface area contributed by atoms with Crippen molar-refractivity contribution in [2.45, 2.75) is 0 Å². The summed E-state index contributed by atoms with van der Waals surface area (Å²) in [6.45, 7) is 0. The lowest BCUT2D eigenvalue weighted by atomic mass is 9.96. The maximum absolute atomic E-state index is 2.37. The summed E-state index contributed by atoms with van der Waals surface area (Å²) in [6, 6.07) is 30.9. The van der Waals surface area contributed by atoms with Gasteiger partial charge in [-0.3, -0.25) is 0 Å². The molecule has 1 aromatic heterocycles. The Labute approximate surface area is 151 Å². The van der Waals surface area contributed by atoms with E-state index in [4.69, 9.17) is 0 Å². The van der Waals surface area contributed by atoms with E-state index in [1.165, 1.54) is 54.1 Å². The van der Waals surface area contributed by atoms with Gasteiger partial charge in [-0.1, -0.05) is 72.8 Å². The molecule has 1 heteroatoms. The van der Waals surface area contributed by atoms with Gasteiger partial charge < -0.3 is 4.57 Å². The molecule has 0 bridgehead atoms. The zero-order valence-corrected chi connectivity index (χ0v) is 14.5. The summed E-state index contributed by atoms with van der Waals surface area (Å²) < 4.78 is 2.37. The second kappa shape index (κ2) is 4.86. The lowest BCUT2D eigenvalue weighted by Gasteiger charge is -2.08. The number of aryl methyl sites for hydroxylation is 1.